The van der Waals surface area contributed by atoms with E-state index in [1.165, 1.54) is 12.1 Å². The van der Waals surface area contributed by atoms with Crippen molar-refractivity contribution in [1.82, 2.24) is 5.32 Å². The molecule has 0 amide bonds. The van der Waals surface area contributed by atoms with Crippen molar-refractivity contribution >= 4 is 28.9 Å². The lowest BCUT2D eigenvalue weighted by molar-refractivity contribution is -0.385. The molecule has 1 aliphatic rings. The van der Waals surface area contributed by atoms with Crippen LogP contribution in [-0.2, 0) is 0 Å². The number of nitrogens with one attached hydrogen (secondary N) is 1. The number of hydrogen-bond donors (Lipinski definition) is 1. The number of nitro groups is 1. The molecule has 1 aromatic carbocycles. The molecule has 0 saturated carbocycles. The standard InChI is InChI=1S/C11H12Cl2N2O3/c12-8-3-10(15(16)17)11(4-9(8)13)18-2-1-7-5-14-6-7/h3-4,7,14H,1-2,5-6H2. The number of hydrogen-bond acceptors (Lipinski definition) is 4. The fourth-order valence-electron chi connectivity index (χ4n) is 1.66. The van der Waals surface area contributed by atoms with Gasteiger partial charge in [-0.15, -0.1) is 0 Å². The van der Waals surface area contributed by atoms with Crippen LogP contribution in [-0.4, -0.2) is 24.6 Å². The summed E-state index contributed by atoms with van der Waals surface area (Å²) in [5, 5.41) is 14.4. The van der Waals surface area contributed by atoms with Gasteiger partial charge in [0.1, 0.15) is 0 Å². The van der Waals surface area contributed by atoms with E-state index in [1.807, 2.05) is 0 Å². The maximum Gasteiger partial charge on any atom is 0.312 e. The van der Waals surface area contributed by atoms with Crippen LogP contribution in [0.3, 0.4) is 0 Å². The molecule has 1 N–H and O–H groups in total. The molecule has 0 radical (unpaired) electrons. The molecule has 0 aliphatic carbocycles. The first-order valence-corrected chi connectivity index (χ1v) is 6.30. The Bertz CT molecular complexity index is 464. The van der Waals surface area contributed by atoms with Crippen molar-refractivity contribution in [2.24, 2.45) is 5.92 Å². The van der Waals surface area contributed by atoms with Gasteiger partial charge < -0.3 is 10.1 Å². The van der Waals surface area contributed by atoms with Gasteiger partial charge in [0.25, 0.3) is 0 Å². The minimum atomic E-state index is -0.525. The van der Waals surface area contributed by atoms with Crippen LogP contribution in [0.4, 0.5) is 5.69 Å². The molecule has 7 heteroatoms. The highest BCUT2D eigenvalue weighted by Crippen LogP contribution is 2.35. The van der Waals surface area contributed by atoms with E-state index >= 15 is 0 Å². The van der Waals surface area contributed by atoms with Gasteiger partial charge in [-0.05, 0) is 25.4 Å². The molecule has 1 aliphatic heterocycles. The molecule has 1 aromatic rings. The minimum absolute atomic E-state index is 0.152. The smallest absolute Gasteiger partial charge is 0.312 e. The van der Waals surface area contributed by atoms with Crippen LogP contribution in [0.15, 0.2) is 12.1 Å². The van der Waals surface area contributed by atoms with Crippen LogP contribution in [0.25, 0.3) is 0 Å². The second-order valence-corrected chi connectivity index (χ2v) is 4.97. The van der Waals surface area contributed by atoms with Crippen molar-refractivity contribution in [3.05, 3.63) is 32.3 Å². The molecule has 1 saturated heterocycles. The Morgan fingerprint density at radius 2 is 2.06 bits per heavy atom. The number of nitrogens with zero attached hydrogens (tertiary/aromatic N) is 1. The second-order valence-electron chi connectivity index (χ2n) is 4.15. The number of nitro benzene ring substituents is 1. The Hall–Kier alpha value is -1.04. The van der Waals surface area contributed by atoms with E-state index in [2.05, 4.69) is 5.32 Å². The monoisotopic (exact) mass is 290 g/mol. The fraction of sp³-hybridized carbons (Fsp3) is 0.455. The Kier molecular flexibility index (Phi) is 4.27. The zero-order chi connectivity index (χ0) is 13.1. The summed E-state index contributed by atoms with van der Waals surface area (Å²) in [6, 6.07) is 2.60. The molecular weight excluding hydrogens is 279 g/mol. The van der Waals surface area contributed by atoms with E-state index in [0.717, 1.165) is 19.5 Å². The molecule has 0 unspecified atom stereocenters. The third kappa shape index (κ3) is 3.04. The Balaban J connectivity index is 2.04. The van der Waals surface area contributed by atoms with Crippen LogP contribution in [0, 0.1) is 16.0 Å². The van der Waals surface area contributed by atoms with E-state index in [1.54, 1.807) is 0 Å². The van der Waals surface area contributed by atoms with Crippen molar-refractivity contribution in [2.45, 2.75) is 6.42 Å². The van der Waals surface area contributed by atoms with Gasteiger partial charge in [-0.25, -0.2) is 0 Å². The Morgan fingerprint density at radius 3 is 2.61 bits per heavy atom. The molecule has 0 bridgehead atoms. The summed E-state index contributed by atoms with van der Waals surface area (Å²) in [4.78, 5) is 10.3. The first-order chi connectivity index (χ1) is 8.58. The Labute approximate surface area is 114 Å². The number of halogens is 2. The van der Waals surface area contributed by atoms with Gasteiger partial charge in [-0.3, -0.25) is 10.1 Å². The normalized spacial score (nSPS) is 15.2. The van der Waals surface area contributed by atoms with E-state index in [0.29, 0.717) is 12.5 Å². The molecule has 0 atom stereocenters. The van der Waals surface area contributed by atoms with Gasteiger partial charge in [-0.2, -0.15) is 0 Å². The summed E-state index contributed by atoms with van der Waals surface area (Å²) in [7, 11) is 0. The maximum absolute atomic E-state index is 10.9. The van der Waals surface area contributed by atoms with Gasteiger partial charge in [0.05, 0.1) is 21.6 Å². The van der Waals surface area contributed by atoms with Gasteiger partial charge in [0, 0.05) is 12.1 Å². The van der Waals surface area contributed by atoms with Crippen molar-refractivity contribution in [3.8, 4) is 5.75 Å². The molecule has 2 rings (SSSR count). The topological polar surface area (TPSA) is 64.4 Å². The lowest BCUT2D eigenvalue weighted by atomic mass is 10.0. The molecule has 0 spiro atoms. The molecule has 18 heavy (non-hydrogen) atoms. The molecular formula is C11H12Cl2N2O3. The quantitative estimate of drug-likeness (QED) is 0.669. The van der Waals surface area contributed by atoms with Crippen LogP contribution in [0.1, 0.15) is 6.42 Å². The summed E-state index contributed by atoms with van der Waals surface area (Å²) < 4.78 is 5.43. The lowest BCUT2D eigenvalue weighted by Crippen LogP contribution is -2.42. The van der Waals surface area contributed by atoms with E-state index < -0.39 is 4.92 Å². The van der Waals surface area contributed by atoms with Crippen molar-refractivity contribution in [1.29, 1.82) is 0 Å². The van der Waals surface area contributed by atoms with Crippen LogP contribution >= 0.6 is 23.2 Å². The summed E-state index contributed by atoms with van der Waals surface area (Å²) >= 11 is 11.6. The highest BCUT2D eigenvalue weighted by atomic mass is 35.5. The van der Waals surface area contributed by atoms with Crippen molar-refractivity contribution < 1.29 is 9.66 Å². The van der Waals surface area contributed by atoms with Crippen molar-refractivity contribution in [3.63, 3.8) is 0 Å². The number of benzene rings is 1. The largest absolute Gasteiger partial charge is 0.487 e. The molecule has 5 nitrogen and oxygen atoms in total. The third-order valence-electron chi connectivity index (χ3n) is 2.85. The maximum atomic E-state index is 10.9. The third-order valence-corrected chi connectivity index (χ3v) is 3.57. The molecule has 0 aromatic heterocycles. The summed E-state index contributed by atoms with van der Waals surface area (Å²) in [5.41, 5.74) is -0.156. The predicted octanol–water partition coefficient (Wildman–Crippen LogP) is 2.89. The Morgan fingerprint density at radius 1 is 1.39 bits per heavy atom. The first-order valence-electron chi connectivity index (χ1n) is 5.55. The lowest BCUT2D eigenvalue weighted by Gasteiger charge is -2.26. The summed E-state index contributed by atoms with van der Waals surface area (Å²) in [6.07, 6.45) is 0.865. The molecule has 1 heterocycles. The highest BCUT2D eigenvalue weighted by Gasteiger charge is 2.20. The average molecular weight is 291 g/mol. The van der Waals surface area contributed by atoms with Crippen molar-refractivity contribution in [2.75, 3.05) is 19.7 Å². The minimum Gasteiger partial charge on any atom is -0.487 e. The van der Waals surface area contributed by atoms with E-state index in [4.69, 9.17) is 27.9 Å². The zero-order valence-electron chi connectivity index (χ0n) is 9.49. The molecule has 98 valence electrons. The van der Waals surface area contributed by atoms with E-state index in [9.17, 15) is 10.1 Å². The predicted molar refractivity (Wildman–Crippen MR) is 69.6 cm³/mol. The van der Waals surface area contributed by atoms with Crippen LogP contribution in [0.2, 0.25) is 10.0 Å². The zero-order valence-corrected chi connectivity index (χ0v) is 11.0. The van der Waals surface area contributed by atoms with E-state index in [-0.39, 0.29) is 21.5 Å². The second kappa shape index (κ2) is 5.73. The number of rotatable bonds is 5. The van der Waals surface area contributed by atoms with Crippen LogP contribution in [0.5, 0.6) is 5.75 Å². The van der Waals surface area contributed by atoms with Gasteiger partial charge >= 0.3 is 5.69 Å². The van der Waals surface area contributed by atoms with Gasteiger partial charge in [0.15, 0.2) is 5.75 Å². The first kappa shape index (κ1) is 13.4. The fourth-order valence-corrected chi connectivity index (χ4v) is 1.98. The molecule has 1 fully saturated rings. The van der Waals surface area contributed by atoms with Crippen LogP contribution < -0.4 is 10.1 Å². The highest BCUT2D eigenvalue weighted by molar-refractivity contribution is 6.42. The van der Waals surface area contributed by atoms with Gasteiger partial charge in [-0.1, -0.05) is 23.2 Å². The average Bonchev–Trinajstić information content (AvgIpc) is 2.25. The summed E-state index contributed by atoms with van der Waals surface area (Å²) in [5.74, 6) is 0.758. The summed E-state index contributed by atoms with van der Waals surface area (Å²) in [6.45, 7) is 2.39. The van der Waals surface area contributed by atoms with Gasteiger partial charge in [0.2, 0.25) is 0 Å². The SMILES string of the molecule is O=[N+]([O-])c1cc(Cl)c(Cl)cc1OCCC1CNC1. The number of ether oxygens (including phenoxy) is 1.